The number of nitrogens with zero attached hydrogens (tertiary/aromatic N) is 4. The SMILES string of the molecule is CC(CONC(=O)NC1CCN(c2ncc(C(F)(F)F)cn2)CC1)Nc1cn[nH]c(=O)c1C(F)(F)F. The first kappa shape index (κ1) is 27.0. The van der Waals surface area contributed by atoms with Gasteiger partial charge in [-0.05, 0) is 19.8 Å². The molecule has 3 rings (SSSR count). The van der Waals surface area contributed by atoms with Crippen LogP contribution in [0.3, 0.4) is 0 Å². The maximum Gasteiger partial charge on any atom is 0.423 e. The quantitative estimate of drug-likeness (QED) is 0.320. The lowest BCUT2D eigenvalue weighted by Gasteiger charge is -2.32. The van der Waals surface area contributed by atoms with E-state index in [-0.39, 0.29) is 18.6 Å². The van der Waals surface area contributed by atoms with E-state index in [2.05, 4.69) is 31.2 Å². The van der Waals surface area contributed by atoms with Crippen LogP contribution in [-0.4, -0.2) is 58.0 Å². The van der Waals surface area contributed by atoms with Gasteiger partial charge in [0, 0.05) is 37.6 Å². The monoisotopic (exact) mass is 524 g/mol. The number of halogens is 6. The molecular formula is C19H22F6N8O3. The zero-order valence-corrected chi connectivity index (χ0v) is 18.7. The van der Waals surface area contributed by atoms with Gasteiger partial charge in [-0.1, -0.05) is 0 Å². The number of alkyl halides is 6. The smallest absolute Gasteiger partial charge is 0.378 e. The second-order valence-electron chi connectivity index (χ2n) is 7.95. The van der Waals surface area contributed by atoms with Crippen LogP contribution in [0, 0.1) is 0 Å². The summed E-state index contributed by atoms with van der Waals surface area (Å²) < 4.78 is 77.1. The van der Waals surface area contributed by atoms with Crippen LogP contribution < -0.4 is 26.6 Å². The molecule has 4 N–H and O–H groups in total. The van der Waals surface area contributed by atoms with Crippen molar-refractivity contribution in [3.05, 3.63) is 40.1 Å². The Hall–Kier alpha value is -3.63. The summed E-state index contributed by atoms with van der Waals surface area (Å²) in [5.74, 6) is 0.153. The highest BCUT2D eigenvalue weighted by atomic mass is 19.4. The first-order valence-corrected chi connectivity index (χ1v) is 10.6. The lowest BCUT2D eigenvalue weighted by Crippen LogP contribution is -2.48. The molecule has 3 heterocycles. The number of H-pyrrole nitrogens is 1. The highest BCUT2D eigenvalue weighted by Gasteiger charge is 2.37. The van der Waals surface area contributed by atoms with Crippen LogP contribution in [0.25, 0.3) is 0 Å². The first-order valence-electron chi connectivity index (χ1n) is 10.6. The average molecular weight is 524 g/mol. The Labute approximate surface area is 199 Å². The van der Waals surface area contributed by atoms with Gasteiger partial charge >= 0.3 is 18.4 Å². The lowest BCUT2D eigenvalue weighted by atomic mass is 10.1. The zero-order valence-electron chi connectivity index (χ0n) is 18.7. The number of aromatic nitrogens is 4. The molecule has 1 aliphatic heterocycles. The highest BCUT2D eigenvalue weighted by molar-refractivity contribution is 5.73. The predicted octanol–water partition coefficient (Wildman–Crippen LogP) is 2.30. The number of hydroxylamine groups is 1. The van der Waals surface area contributed by atoms with Gasteiger partial charge in [0.05, 0.1) is 24.1 Å². The number of rotatable bonds is 7. The number of hydrogen-bond donors (Lipinski definition) is 4. The van der Waals surface area contributed by atoms with Gasteiger partial charge in [0.2, 0.25) is 5.95 Å². The Morgan fingerprint density at radius 1 is 1.14 bits per heavy atom. The van der Waals surface area contributed by atoms with Crippen LogP contribution >= 0.6 is 0 Å². The minimum atomic E-state index is -4.90. The molecule has 2 aromatic rings. The number of urea groups is 1. The van der Waals surface area contributed by atoms with Crippen molar-refractivity contribution in [2.24, 2.45) is 0 Å². The Morgan fingerprint density at radius 2 is 1.78 bits per heavy atom. The number of hydrogen-bond acceptors (Lipinski definition) is 8. The van der Waals surface area contributed by atoms with E-state index in [4.69, 9.17) is 4.84 Å². The van der Waals surface area contributed by atoms with Crippen LogP contribution in [0.1, 0.15) is 30.9 Å². The summed E-state index contributed by atoms with van der Waals surface area (Å²) in [5, 5.41) is 10.2. The Bertz CT molecular complexity index is 1080. The maximum absolute atomic E-state index is 13.1. The first-order chi connectivity index (χ1) is 16.8. The maximum atomic E-state index is 13.1. The molecule has 1 unspecified atom stereocenters. The van der Waals surface area contributed by atoms with Crippen molar-refractivity contribution >= 4 is 17.7 Å². The fraction of sp³-hybridized carbons (Fsp3) is 0.526. The van der Waals surface area contributed by atoms with Gasteiger partial charge < -0.3 is 15.5 Å². The molecule has 17 heteroatoms. The van der Waals surface area contributed by atoms with Crippen LogP contribution in [0.15, 0.2) is 23.4 Å². The van der Waals surface area contributed by atoms with E-state index in [1.54, 1.807) is 10.00 Å². The number of piperidine rings is 1. The molecule has 1 atom stereocenters. The molecule has 1 aliphatic rings. The van der Waals surface area contributed by atoms with Crippen molar-refractivity contribution in [3.63, 3.8) is 0 Å². The Morgan fingerprint density at radius 3 is 2.36 bits per heavy atom. The summed E-state index contributed by atoms with van der Waals surface area (Å²) in [4.78, 5) is 37.7. The molecule has 0 aliphatic carbocycles. The number of carbonyl (C=O) groups is 1. The summed E-state index contributed by atoms with van der Waals surface area (Å²) >= 11 is 0. The van der Waals surface area contributed by atoms with Crippen molar-refractivity contribution in [2.75, 3.05) is 29.9 Å². The van der Waals surface area contributed by atoms with E-state index in [1.807, 2.05) is 0 Å². The minimum absolute atomic E-state index is 0.153. The van der Waals surface area contributed by atoms with Gasteiger partial charge in [-0.15, -0.1) is 0 Å². The summed E-state index contributed by atoms with van der Waals surface area (Å²) in [6.45, 7) is 2.02. The molecule has 0 radical (unpaired) electrons. The number of nitrogens with one attached hydrogen (secondary N) is 4. The van der Waals surface area contributed by atoms with E-state index in [0.717, 1.165) is 6.20 Å². The van der Waals surface area contributed by atoms with E-state index >= 15 is 0 Å². The third-order valence-electron chi connectivity index (χ3n) is 5.12. The topological polar surface area (TPSA) is 137 Å². The fourth-order valence-corrected chi connectivity index (χ4v) is 3.40. The van der Waals surface area contributed by atoms with Crippen molar-refractivity contribution in [2.45, 2.75) is 44.2 Å². The lowest BCUT2D eigenvalue weighted by molar-refractivity contribution is -0.139. The van der Waals surface area contributed by atoms with Crippen LogP contribution in [0.2, 0.25) is 0 Å². The van der Waals surface area contributed by atoms with E-state index < -0.39 is 46.8 Å². The molecule has 0 saturated carbocycles. The standard InChI is InChI=1S/C19H22F6N8O3/c1-10(29-13-8-28-31-15(34)14(13)19(23,24)25)9-36-32-17(35)30-12-2-4-33(5-3-12)16-26-6-11(7-27-16)18(20,21)22/h6-8,10,12H,2-5,9H2,1H3,(H2,29,31,34)(H2,30,32,35). The van der Waals surface area contributed by atoms with E-state index in [9.17, 15) is 35.9 Å². The molecule has 1 saturated heterocycles. The Kier molecular flexibility index (Phi) is 8.21. The van der Waals surface area contributed by atoms with Crippen molar-refractivity contribution in [1.29, 1.82) is 0 Å². The molecule has 11 nitrogen and oxygen atoms in total. The van der Waals surface area contributed by atoms with Crippen molar-refractivity contribution in [3.8, 4) is 0 Å². The summed E-state index contributed by atoms with van der Waals surface area (Å²) in [6, 6.07) is -1.67. The van der Waals surface area contributed by atoms with Gasteiger partial charge in [0.15, 0.2) is 0 Å². The molecule has 0 aromatic carbocycles. The van der Waals surface area contributed by atoms with E-state index in [0.29, 0.717) is 38.3 Å². The van der Waals surface area contributed by atoms with Crippen LogP contribution in [0.4, 0.5) is 42.8 Å². The molecule has 198 valence electrons. The Balaban J connectivity index is 1.40. The summed E-state index contributed by atoms with van der Waals surface area (Å²) in [7, 11) is 0. The third kappa shape index (κ3) is 7.19. The molecule has 2 aromatic heterocycles. The molecule has 1 fully saturated rings. The van der Waals surface area contributed by atoms with Crippen molar-refractivity contribution < 1.29 is 36.0 Å². The minimum Gasteiger partial charge on any atom is -0.378 e. The molecule has 36 heavy (non-hydrogen) atoms. The highest BCUT2D eigenvalue weighted by Crippen LogP contribution is 2.31. The third-order valence-corrected chi connectivity index (χ3v) is 5.12. The zero-order chi connectivity index (χ0) is 26.5. The van der Waals surface area contributed by atoms with Gasteiger partial charge in [-0.3, -0.25) is 9.63 Å². The van der Waals surface area contributed by atoms with Gasteiger partial charge in [0.1, 0.15) is 5.56 Å². The molecule has 0 spiro atoms. The molecule has 2 amide bonds. The van der Waals surface area contributed by atoms with Gasteiger partial charge in [-0.25, -0.2) is 25.3 Å². The number of anilines is 2. The van der Waals surface area contributed by atoms with E-state index in [1.165, 1.54) is 6.92 Å². The van der Waals surface area contributed by atoms with Crippen molar-refractivity contribution in [1.82, 2.24) is 31.0 Å². The predicted molar refractivity (Wildman–Crippen MR) is 113 cm³/mol. The van der Waals surface area contributed by atoms with Crippen LogP contribution in [0.5, 0.6) is 0 Å². The second kappa shape index (κ2) is 11.0. The van der Waals surface area contributed by atoms with Gasteiger partial charge in [-0.2, -0.15) is 31.4 Å². The average Bonchev–Trinajstić information content (AvgIpc) is 2.78. The largest absolute Gasteiger partial charge is 0.423 e. The molecular weight excluding hydrogens is 502 g/mol. The van der Waals surface area contributed by atoms with Gasteiger partial charge in [0.25, 0.3) is 5.56 Å². The number of carbonyl (C=O) groups excluding carboxylic acids is 1. The summed E-state index contributed by atoms with van der Waals surface area (Å²) in [5.41, 5.74) is -2.17. The molecule has 0 bridgehead atoms. The number of amides is 2. The van der Waals surface area contributed by atoms with Crippen LogP contribution in [-0.2, 0) is 17.2 Å². The second-order valence-corrected chi connectivity index (χ2v) is 7.95. The summed E-state index contributed by atoms with van der Waals surface area (Å²) in [6.07, 6.45) is -6.25. The number of aromatic amines is 1. The normalized spacial score (nSPS) is 15.9. The fourth-order valence-electron chi connectivity index (χ4n) is 3.40.